The normalized spacial score (nSPS) is 17.4. The Bertz CT molecular complexity index is 1470. The summed E-state index contributed by atoms with van der Waals surface area (Å²) in [7, 11) is -3.55. The molecule has 240 valence electrons. The summed E-state index contributed by atoms with van der Waals surface area (Å²) in [6.07, 6.45) is 6.06. The quantitative estimate of drug-likeness (QED) is 0.123. The highest BCUT2D eigenvalue weighted by Crippen LogP contribution is 2.39. The van der Waals surface area contributed by atoms with Crippen molar-refractivity contribution in [1.82, 2.24) is 19.3 Å². The summed E-state index contributed by atoms with van der Waals surface area (Å²) in [5, 5.41) is 6.12. The lowest BCUT2D eigenvalue weighted by molar-refractivity contribution is -0.0365. The van der Waals surface area contributed by atoms with Crippen LogP contribution in [0.2, 0.25) is 18.1 Å². The minimum absolute atomic E-state index is 0.0803. The van der Waals surface area contributed by atoms with Crippen molar-refractivity contribution in [2.45, 2.75) is 90.4 Å². The Balaban J connectivity index is 1.47. The molecule has 43 heavy (non-hydrogen) atoms. The minimum atomic E-state index is -3.47. The molecule has 1 aliphatic rings. The Labute approximate surface area is 257 Å². The van der Waals surface area contributed by atoms with Crippen LogP contribution in [0.4, 0.5) is 0 Å². The fraction of sp³-hybridized carbons (Fsp3) is 0.667. The highest BCUT2D eigenvalue weighted by atomic mass is 32.2. The molecule has 0 radical (unpaired) electrons. The first-order chi connectivity index (χ1) is 20.1. The number of aromatic nitrogens is 4. The Kier molecular flexibility index (Phi) is 10.8. The lowest BCUT2D eigenvalue weighted by Gasteiger charge is -2.36. The van der Waals surface area contributed by atoms with Gasteiger partial charge in [-0.3, -0.25) is 4.18 Å². The van der Waals surface area contributed by atoms with Gasteiger partial charge in [-0.15, -0.1) is 0 Å². The lowest BCUT2D eigenvalue weighted by Crippen LogP contribution is -2.43. The molecule has 2 aromatic heterocycles. The lowest BCUT2D eigenvalue weighted by atomic mass is 10.1. The van der Waals surface area contributed by atoms with Gasteiger partial charge in [0.05, 0.1) is 31.1 Å². The average Bonchev–Trinajstić information content (AvgIpc) is 3.46. The van der Waals surface area contributed by atoms with Crippen LogP contribution in [0.1, 0.15) is 65.4 Å². The summed E-state index contributed by atoms with van der Waals surface area (Å²) < 4.78 is 55.5. The maximum absolute atomic E-state index is 11.2. The van der Waals surface area contributed by atoms with E-state index in [0.29, 0.717) is 32.8 Å². The van der Waals surface area contributed by atoms with Gasteiger partial charge in [0.25, 0.3) is 10.1 Å². The third kappa shape index (κ3) is 8.89. The molecule has 0 spiro atoms. The second-order valence-electron chi connectivity index (χ2n) is 12.9. The molecule has 4 rings (SSSR count). The summed E-state index contributed by atoms with van der Waals surface area (Å²) in [6, 6.07) is 6.24. The van der Waals surface area contributed by atoms with E-state index in [2.05, 4.69) is 46.0 Å². The van der Waals surface area contributed by atoms with E-state index in [1.165, 1.54) is 0 Å². The molecule has 1 fully saturated rings. The first-order valence-electron chi connectivity index (χ1n) is 15.0. The number of ether oxygens (including phenoxy) is 3. The van der Waals surface area contributed by atoms with Gasteiger partial charge in [-0.1, -0.05) is 20.8 Å². The number of benzene rings is 1. The van der Waals surface area contributed by atoms with Gasteiger partial charge in [0.15, 0.2) is 6.23 Å². The summed E-state index contributed by atoms with van der Waals surface area (Å²) >= 11 is 0. The highest BCUT2D eigenvalue weighted by Gasteiger charge is 2.39. The molecular formula is C30H48N4O7SSi. The molecule has 13 heteroatoms. The molecule has 1 aromatic carbocycles. The summed E-state index contributed by atoms with van der Waals surface area (Å²) in [6.45, 7) is 15.1. The van der Waals surface area contributed by atoms with Gasteiger partial charge in [-0.25, -0.2) is 9.67 Å². The van der Waals surface area contributed by atoms with Crippen LogP contribution in [0.15, 0.2) is 24.4 Å². The van der Waals surface area contributed by atoms with E-state index in [0.717, 1.165) is 66.0 Å². The van der Waals surface area contributed by atoms with Gasteiger partial charge < -0.3 is 23.2 Å². The van der Waals surface area contributed by atoms with E-state index in [4.69, 9.17) is 32.9 Å². The van der Waals surface area contributed by atoms with Crippen molar-refractivity contribution in [2.24, 2.45) is 7.05 Å². The van der Waals surface area contributed by atoms with Crippen LogP contribution in [-0.4, -0.2) is 74.9 Å². The Morgan fingerprint density at radius 1 is 1.14 bits per heavy atom. The number of imidazole rings is 1. The molecule has 0 N–H and O–H groups in total. The van der Waals surface area contributed by atoms with Crippen LogP contribution in [0.3, 0.4) is 0 Å². The van der Waals surface area contributed by atoms with Gasteiger partial charge in [-0.05, 0) is 68.9 Å². The predicted molar refractivity (Wildman–Crippen MR) is 169 cm³/mol. The molecule has 2 unspecified atom stereocenters. The van der Waals surface area contributed by atoms with E-state index in [-0.39, 0.29) is 11.3 Å². The van der Waals surface area contributed by atoms with Gasteiger partial charge in [0, 0.05) is 31.8 Å². The molecule has 0 saturated carbocycles. The van der Waals surface area contributed by atoms with Crippen LogP contribution in [-0.2, 0) is 42.2 Å². The predicted octanol–water partition coefficient (Wildman–Crippen LogP) is 5.81. The summed E-state index contributed by atoms with van der Waals surface area (Å²) in [5.74, 6) is 1.62. The number of fused-ring (bicyclic) bond motifs is 1. The Hall–Kier alpha value is -2.29. The zero-order valence-corrected chi connectivity index (χ0v) is 28.7. The smallest absolute Gasteiger partial charge is 0.264 e. The molecule has 0 aliphatic carbocycles. The standard InChI is InChI=1S/C30H48N4O7SSi/c1-22(40-42(6,35)36)14-16-37-17-18-38-21-27-31-25(20-33(27)5)29-24-19-23(41-43(7,8)30(2,3)4)12-13-26(24)34(32-29)28-11-9-10-15-39-28/h12-13,19-20,22,28H,9-11,14-18,21H2,1-8H3. The van der Waals surface area contributed by atoms with E-state index in [1.807, 2.05) is 28.6 Å². The second-order valence-corrected chi connectivity index (χ2v) is 19.2. The van der Waals surface area contributed by atoms with Gasteiger partial charge in [0.1, 0.15) is 29.6 Å². The number of aryl methyl sites for hydroxylation is 1. The molecule has 3 aromatic rings. The fourth-order valence-corrected chi connectivity index (χ4v) is 6.40. The maximum atomic E-state index is 11.2. The van der Waals surface area contributed by atoms with Crippen molar-refractivity contribution in [2.75, 3.05) is 32.7 Å². The number of nitrogens with zero attached hydrogens (tertiary/aromatic N) is 4. The molecule has 0 bridgehead atoms. The molecule has 1 saturated heterocycles. The average molecular weight is 637 g/mol. The Morgan fingerprint density at radius 2 is 1.88 bits per heavy atom. The molecular weight excluding hydrogens is 589 g/mol. The van der Waals surface area contributed by atoms with Crippen LogP contribution < -0.4 is 4.43 Å². The van der Waals surface area contributed by atoms with Gasteiger partial charge in [0.2, 0.25) is 8.32 Å². The fourth-order valence-electron chi connectivity index (χ4n) is 4.69. The third-order valence-electron chi connectivity index (χ3n) is 8.11. The number of hydrogen-bond donors (Lipinski definition) is 0. The van der Waals surface area contributed by atoms with Crippen LogP contribution in [0.5, 0.6) is 5.75 Å². The first-order valence-corrected chi connectivity index (χ1v) is 19.8. The second kappa shape index (κ2) is 13.8. The van der Waals surface area contributed by atoms with Crippen LogP contribution >= 0.6 is 0 Å². The van der Waals surface area contributed by atoms with Crippen LogP contribution in [0.25, 0.3) is 22.3 Å². The molecule has 1 aliphatic heterocycles. The zero-order chi connectivity index (χ0) is 31.4. The molecule has 2 atom stereocenters. The molecule has 3 heterocycles. The summed E-state index contributed by atoms with van der Waals surface area (Å²) in [5.41, 5.74) is 2.56. The van der Waals surface area contributed by atoms with Gasteiger partial charge >= 0.3 is 0 Å². The number of rotatable bonds is 14. The van der Waals surface area contributed by atoms with Crippen molar-refractivity contribution in [1.29, 1.82) is 0 Å². The first kappa shape index (κ1) is 33.6. The monoisotopic (exact) mass is 636 g/mol. The van der Waals surface area contributed by atoms with E-state index < -0.39 is 24.5 Å². The zero-order valence-electron chi connectivity index (χ0n) is 26.9. The molecule has 11 nitrogen and oxygen atoms in total. The topological polar surface area (TPSA) is 116 Å². The largest absolute Gasteiger partial charge is 0.543 e. The summed E-state index contributed by atoms with van der Waals surface area (Å²) in [4.78, 5) is 4.90. The van der Waals surface area contributed by atoms with E-state index in [1.54, 1.807) is 6.92 Å². The SMILES string of the molecule is CC(CCOCCOCc1nc(-c2nn(C3CCCCO3)c3ccc(O[Si](C)(C)C(C)(C)C)cc23)cn1C)OS(C)(=O)=O. The highest BCUT2D eigenvalue weighted by molar-refractivity contribution is 7.86. The van der Waals surface area contributed by atoms with E-state index in [9.17, 15) is 8.42 Å². The van der Waals surface area contributed by atoms with Crippen molar-refractivity contribution in [3.8, 4) is 17.1 Å². The van der Waals surface area contributed by atoms with Crippen LogP contribution in [0, 0.1) is 0 Å². The van der Waals surface area contributed by atoms with Gasteiger partial charge in [-0.2, -0.15) is 13.5 Å². The maximum Gasteiger partial charge on any atom is 0.264 e. The number of hydrogen-bond acceptors (Lipinski definition) is 9. The van der Waals surface area contributed by atoms with Crippen molar-refractivity contribution in [3.05, 3.63) is 30.2 Å². The minimum Gasteiger partial charge on any atom is -0.543 e. The van der Waals surface area contributed by atoms with Crippen molar-refractivity contribution in [3.63, 3.8) is 0 Å². The van der Waals surface area contributed by atoms with E-state index >= 15 is 0 Å². The Morgan fingerprint density at radius 3 is 2.56 bits per heavy atom. The van der Waals surface area contributed by atoms with Crippen molar-refractivity contribution < 1.29 is 31.2 Å². The molecule has 0 amide bonds. The third-order valence-corrected chi connectivity index (χ3v) is 13.1. The van der Waals surface area contributed by atoms with Crippen molar-refractivity contribution >= 4 is 29.3 Å².